The fourth-order valence-electron chi connectivity index (χ4n) is 2.91. The molecule has 0 aliphatic rings. The zero-order chi connectivity index (χ0) is 22.5. The van der Waals surface area contributed by atoms with Crippen molar-refractivity contribution in [1.82, 2.24) is 9.88 Å². The summed E-state index contributed by atoms with van der Waals surface area (Å²) in [5.74, 6) is -1.38. The minimum absolute atomic E-state index is 0.118. The van der Waals surface area contributed by atoms with Crippen molar-refractivity contribution >= 4 is 56.7 Å². The maximum absolute atomic E-state index is 12.8. The maximum Gasteiger partial charge on any atom is 0.350 e. The van der Waals surface area contributed by atoms with Gasteiger partial charge in [0.25, 0.3) is 5.91 Å². The van der Waals surface area contributed by atoms with Gasteiger partial charge in [0.15, 0.2) is 0 Å². The number of pyridine rings is 1. The van der Waals surface area contributed by atoms with Crippen LogP contribution >= 0.6 is 22.9 Å². The van der Waals surface area contributed by atoms with Crippen molar-refractivity contribution < 1.29 is 23.9 Å². The molecule has 1 N–H and O–H groups in total. The lowest BCUT2D eigenvalue weighted by molar-refractivity contribution is -0.141. The van der Waals surface area contributed by atoms with Crippen LogP contribution in [0.4, 0.5) is 5.69 Å². The normalized spacial score (nSPS) is 10.9. The fraction of sp³-hybridized carbons (Fsp3) is 0.238. The summed E-state index contributed by atoms with van der Waals surface area (Å²) >= 11 is 7.24. The van der Waals surface area contributed by atoms with Crippen molar-refractivity contribution in [3.63, 3.8) is 0 Å². The van der Waals surface area contributed by atoms with Crippen LogP contribution in [0.5, 0.6) is 0 Å². The largest absolute Gasteiger partial charge is 0.468 e. The SMILES string of the molecule is COC(=O)CN(C)Cc1ccc2c(NC(=O)c3ccccc3Cl)c(C(=O)OC)sc2n1. The predicted octanol–water partition coefficient (Wildman–Crippen LogP) is 3.59. The Bertz CT molecular complexity index is 1150. The molecule has 0 radical (unpaired) electrons. The average molecular weight is 462 g/mol. The molecule has 0 fully saturated rings. The molecule has 31 heavy (non-hydrogen) atoms. The van der Waals surface area contributed by atoms with Crippen LogP contribution in [-0.2, 0) is 20.8 Å². The number of carbonyl (C=O) groups excluding carboxylic acids is 3. The lowest BCUT2D eigenvalue weighted by atomic mass is 10.2. The Hall–Kier alpha value is -3.01. The lowest BCUT2D eigenvalue weighted by Crippen LogP contribution is -2.26. The number of amides is 1. The van der Waals surface area contributed by atoms with Crippen LogP contribution in [-0.4, -0.2) is 55.5 Å². The average Bonchev–Trinajstić information content (AvgIpc) is 3.10. The van der Waals surface area contributed by atoms with Gasteiger partial charge in [-0.1, -0.05) is 23.7 Å². The van der Waals surface area contributed by atoms with E-state index in [2.05, 4.69) is 15.0 Å². The van der Waals surface area contributed by atoms with E-state index in [0.717, 1.165) is 11.3 Å². The molecule has 10 heteroatoms. The van der Waals surface area contributed by atoms with Gasteiger partial charge in [-0.15, -0.1) is 11.3 Å². The number of hydrogen-bond donors (Lipinski definition) is 1. The van der Waals surface area contributed by atoms with Gasteiger partial charge in [0, 0.05) is 11.9 Å². The van der Waals surface area contributed by atoms with Crippen LogP contribution in [0.2, 0.25) is 5.02 Å². The number of rotatable bonds is 7. The molecular formula is C21H20ClN3O5S. The van der Waals surface area contributed by atoms with Gasteiger partial charge in [-0.05, 0) is 31.3 Å². The number of fused-ring (bicyclic) bond motifs is 1. The molecule has 3 aromatic rings. The molecule has 0 saturated carbocycles. The first kappa shape index (κ1) is 22.7. The first-order chi connectivity index (χ1) is 14.8. The lowest BCUT2D eigenvalue weighted by Gasteiger charge is -2.14. The second-order valence-corrected chi connectivity index (χ2v) is 8.04. The Labute approximate surface area is 187 Å². The van der Waals surface area contributed by atoms with Crippen LogP contribution < -0.4 is 5.32 Å². The molecular weight excluding hydrogens is 442 g/mol. The van der Waals surface area contributed by atoms with Crippen LogP contribution in [0.15, 0.2) is 36.4 Å². The first-order valence-electron chi connectivity index (χ1n) is 9.16. The number of nitrogens with one attached hydrogen (secondary N) is 1. The van der Waals surface area contributed by atoms with Gasteiger partial charge in [0.2, 0.25) is 0 Å². The van der Waals surface area contributed by atoms with Crippen molar-refractivity contribution in [3.05, 3.63) is 57.6 Å². The van der Waals surface area contributed by atoms with Crippen LogP contribution in [0.1, 0.15) is 25.7 Å². The molecule has 8 nitrogen and oxygen atoms in total. The van der Waals surface area contributed by atoms with Crippen molar-refractivity contribution in [3.8, 4) is 0 Å². The molecule has 0 unspecified atom stereocenters. The van der Waals surface area contributed by atoms with E-state index in [-0.39, 0.29) is 23.0 Å². The number of anilines is 1. The van der Waals surface area contributed by atoms with Crippen LogP contribution in [0.25, 0.3) is 10.2 Å². The highest BCUT2D eigenvalue weighted by Crippen LogP contribution is 2.36. The summed E-state index contributed by atoms with van der Waals surface area (Å²) in [5, 5.41) is 3.68. The van der Waals surface area contributed by atoms with E-state index in [0.29, 0.717) is 33.2 Å². The van der Waals surface area contributed by atoms with Gasteiger partial charge in [-0.3, -0.25) is 14.5 Å². The number of halogens is 1. The molecule has 2 heterocycles. The number of hydrogen-bond acceptors (Lipinski definition) is 8. The number of esters is 2. The third-order valence-electron chi connectivity index (χ3n) is 4.40. The van der Waals surface area contributed by atoms with Crippen LogP contribution in [0.3, 0.4) is 0 Å². The molecule has 0 aliphatic carbocycles. The topological polar surface area (TPSA) is 97.8 Å². The highest BCUT2D eigenvalue weighted by molar-refractivity contribution is 7.21. The van der Waals surface area contributed by atoms with Gasteiger partial charge in [-0.2, -0.15) is 0 Å². The van der Waals surface area contributed by atoms with Crippen molar-refractivity contribution in [2.75, 3.05) is 33.1 Å². The third-order valence-corrected chi connectivity index (χ3v) is 5.81. The number of thiophene rings is 1. The van der Waals surface area contributed by atoms with E-state index < -0.39 is 11.9 Å². The van der Waals surface area contributed by atoms with Gasteiger partial charge < -0.3 is 14.8 Å². The second kappa shape index (κ2) is 9.86. The molecule has 0 spiro atoms. The summed E-state index contributed by atoms with van der Waals surface area (Å²) < 4.78 is 9.54. The van der Waals surface area contributed by atoms with Crippen molar-refractivity contribution in [2.24, 2.45) is 0 Å². The number of benzene rings is 1. The monoisotopic (exact) mass is 461 g/mol. The quantitative estimate of drug-likeness (QED) is 0.537. The van der Waals surface area contributed by atoms with E-state index in [1.807, 2.05) is 0 Å². The molecule has 1 aromatic carbocycles. The first-order valence-corrected chi connectivity index (χ1v) is 10.4. The van der Waals surface area contributed by atoms with E-state index >= 15 is 0 Å². The molecule has 0 saturated heterocycles. The number of nitrogens with zero attached hydrogens (tertiary/aromatic N) is 2. The summed E-state index contributed by atoms with van der Waals surface area (Å²) in [4.78, 5) is 43.7. The summed E-state index contributed by atoms with van der Waals surface area (Å²) in [6.07, 6.45) is 0. The van der Waals surface area contributed by atoms with Crippen LogP contribution in [0, 0.1) is 0 Å². The van der Waals surface area contributed by atoms with Gasteiger partial charge in [0.1, 0.15) is 9.71 Å². The second-order valence-electron chi connectivity index (χ2n) is 6.64. The minimum Gasteiger partial charge on any atom is -0.468 e. The third kappa shape index (κ3) is 5.19. The highest BCUT2D eigenvalue weighted by atomic mass is 35.5. The standard InChI is InChI=1S/C21H20ClN3O5S/c1-25(11-16(26)29-2)10-12-8-9-14-17(18(21(28)30-3)31-20(14)23-12)24-19(27)13-6-4-5-7-15(13)22/h4-9H,10-11H2,1-3H3,(H,24,27). The number of likely N-dealkylation sites (N-methyl/N-ethyl adjacent to an activating group) is 1. The zero-order valence-corrected chi connectivity index (χ0v) is 18.7. The summed E-state index contributed by atoms with van der Waals surface area (Å²) in [5.41, 5.74) is 1.30. The summed E-state index contributed by atoms with van der Waals surface area (Å²) in [7, 11) is 4.37. The number of carbonyl (C=O) groups is 3. The van der Waals surface area contributed by atoms with E-state index in [4.69, 9.17) is 16.3 Å². The Kier molecular flexibility index (Phi) is 7.21. The Balaban J connectivity index is 1.94. The molecule has 3 rings (SSSR count). The Morgan fingerprint density at radius 1 is 1.13 bits per heavy atom. The van der Waals surface area contributed by atoms with E-state index in [1.165, 1.54) is 14.2 Å². The summed E-state index contributed by atoms with van der Waals surface area (Å²) in [6.45, 7) is 0.519. The molecule has 0 aliphatic heterocycles. The zero-order valence-electron chi connectivity index (χ0n) is 17.1. The van der Waals surface area contributed by atoms with Crippen molar-refractivity contribution in [1.29, 1.82) is 0 Å². The van der Waals surface area contributed by atoms with Gasteiger partial charge >= 0.3 is 11.9 Å². The molecule has 162 valence electrons. The highest BCUT2D eigenvalue weighted by Gasteiger charge is 2.23. The Morgan fingerprint density at radius 2 is 1.87 bits per heavy atom. The Morgan fingerprint density at radius 3 is 2.55 bits per heavy atom. The van der Waals surface area contributed by atoms with E-state index in [9.17, 15) is 14.4 Å². The molecule has 0 atom stereocenters. The number of methoxy groups -OCH3 is 2. The van der Waals surface area contributed by atoms with E-state index in [1.54, 1.807) is 48.3 Å². The fourth-order valence-corrected chi connectivity index (χ4v) is 4.20. The molecule has 2 aromatic heterocycles. The van der Waals surface area contributed by atoms with Gasteiger partial charge in [-0.25, -0.2) is 9.78 Å². The van der Waals surface area contributed by atoms with Crippen molar-refractivity contribution in [2.45, 2.75) is 6.54 Å². The number of aromatic nitrogens is 1. The molecule has 0 bridgehead atoms. The van der Waals surface area contributed by atoms with Gasteiger partial charge in [0.05, 0.1) is 42.7 Å². The smallest absolute Gasteiger partial charge is 0.350 e. The molecule has 1 amide bonds. The minimum atomic E-state index is -0.582. The number of ether oxygens (including phenoxy) is 2. The predicted molar refractivity (Wildman–Crippen MR) is 119 cm³/mol. The maximum atomic E-state index is 12.8. The summed E-state index contributed by atoms with van der Waals surface area (Å²) in [6, 6.07) is 10.2.